The summed E-state index contributed by atoms with van der Waals surface area (Å²) in [6, 6.07) is 12.5. The number of rotatable bonds is 4. The summed E-state index contributed by atoms with van der Waals surface area (Å²) in [6.07, 6.45) is 0.729. The van der Waals surface area contributed by atoms with E-state index >= 15 is 0 Å². The number of fused-ring (bicyclic) bond motifs is 1. The molecule has 5 nitrogen and oxygen atoms in total. The van der Waals surface area contributed by atoms with Crippen molar-refractivity contribution in [2.24, 2.45) is 0 Å². The lowest BCUT2D eigenvalue weighted by atomic mass is 10.1. The van der Waals surface area contributed by atoms with Gasteiger partial charge in [0.2, 0.25) is 0 Å². The molecule has 0 aliphatic rings. The fourth-order valence-electron chi connectivity index (χ4n) is 2.74. The third kappa shape index (κ3) is 3.59. The van der Waals surface area contributed by atoms with Gasteiger partial charge < -0.3 is 5.32 Å². The van der Waals surface area contributed by atoms with Crippen molar-refractivity contribution < 1.29 is 13.2 Å². The third-order valence-electron chi connectivity index (χ3n) is 4.07. The third-order valence-corrected chi connectivity index (χ3v) is 4.07. The van der Waals surface area contributed by atoms with Crippen LogP contribution < -0.4 is 5.32 Å². The summed E-state index contributed by atoms with van der Waals surface area (Å²) >= 11 is 0. The maximum absolute atomic E-state index is 12.8. The van der Waals surface area contributed by atoms with Gasteiger partial charge in [-0.1, -0.05) is 12.1 Å². The van der Waals surface area contributed by atoms with Gasteiger partial charge in [0.05, 0.1) is 17.5 Å². The van der Waals surface area contributed by atoms with E-state index in [1.807, 2.05) is 12.1 Å². The first-order valence-corrected chi connectivity index (χ1v) is 8.16. The number of alkyl halides is 3. The Bertz CT molecular complexity index is 1070. The lowest BCUT2D eigenvalue weighted by Gasteiger charge is -2.10. The molecule has 0 radical (unpaired) electrons. The minimum Gasteiger partial charge on any atom is -0.365 e. The highest BCUT2D eigenvalue weighted by atomic mass is 19.4. The SMILES string of the molecule is FC(F)(F)c1cccc(CNc2ccc3ncc(-c4ccncc4)n3n2)c1. The molecular weight excluding hydrogens is 355 g/mol. The monoisotopic (exact) mass is 369 g/mol. The normalized spacial score (nSPS) is 11.7. The quantitative estimate of drug-likeness (QED) is 0.579. The van der Waals surface area contributed by atoms with Gasteiger partial charge in [-0.15, -0.1) is 5.10 Å². The Hall–Kier alpha value is -3.42. The molecule has 0 fully saturated rings. The summed E-state index contributed by atoms with van der Waals surface area (Å²) in [5.41, 5.74) is 2.24. The van der Waals surface area contributed by atoms with Gasteiger partial charge in [0, 0.05) is 24.5 Å². The van der Waals surface area contributed by atoms with E-state index < -0.39 is 11.7 Å². The smallest absolute Gasteiger partial charge is 0.365 e. The first-order valence-electron chi connectivity index (χ1n) is 8.16. The number of hydrogen-bond acceptors (Lipinski definition) is 4. The summed E-state index contributed by atoms with van der Waals surface area (Å²) in [6.45, 7) is 0.224. The fourth-order valence-corrected chi connectivity index (χ4v) is 2.74. The van der Waals surface area contributed by atoms with Crippen LogP contribution in [0.1, 0.15) is 11.1 Å². The van der Waals surface area contributed by atoms with Crippen molar-refractivity contribution in [3.8, 4) is 11.3 Å². The molecule has 0 saturated heterocycles. The molecule has 0 aliphatic carbocycles. The number of imidazole rings is 1. The van der Waals surface area contributed by atoms with Gasteiger partial charge in [-0.2, -0.15) is 13.2 Å². The van der Waals surface area contributed by atoms with Gasteiger partial charge in [-0.3, -0.25) is 4.98 Å². The van der Waals surface area contributed by atoms with Crippen molar-refractivity contribution in [3.05, 3.63) is 78.2 Å². The number of nitrogens with zero attached hydrogens (tertiary/aromatic N) is 4. The average Bonchev–Trinajstić information content (AvgIpc) is 3.10. The second-order valence-electron chi connectivity index (χ2n) is 5.92. The minimum absolute atomic E-state index is 0.224. The molecule has 3 aromatic heterocycles. The number of benzene rings is 1. The predicted molar refractivity (Wildman–Crippen MR) is 95.0 cm³/mol. The van der Waals surface area contributed by atoms with E-state index in [4.69, 9.17) is 0 Å². The molecule has 136 valence electrons. The van der Waals surface area contributed by atoms with Crippen LogP contribution in [0.3, 0.4) is 0 Å². The molecule has 4 rings (SSSR count). The van der Waals surface area contributed by atoms with Gasteiger partial charge in [0.25, 0.3) is 0 Å². The predicted octanol–water partition coefficient (Wildman–Crippen LogP) is 4.42. The Morgan fingerprint density at radius 2 is 1.81 bits per heavy atom. The number of hydrogen-bond donors (Lipinski definition) is 1. The van der Waals surface area contributed by atoms with Crippen molar-refractivity contribution in [2.75, 3.05) is 5.32 Å². The molecule has 0 saturated carbocycles. The zero-order valence-electron chi connectivity index (χ0n) is 14.0. The summed E-state index contributed by atoms with van der Waals surface area (Å²) in [7, 11) is 0. The Morgan fingerprint density at radius 1 is 1.00 bits per heavy atom. The second-order valence-corrected chi connectivity index (χ2v) is 5.92. The van der Waals surface area contributed by atoms with Crippen molar-refractivity contribution in [1.82, 2.24) is 19.6 Å². The summed E-state index contributed by atoms with van der Waals surface area (Å²) in [4.78, 5) is 8.32. The number of nitrogens with one attached hydrogen (secondary N) is 1. The van der Waals surface area contributed by atoms with E-state index in [1.165, 1.54) is 6.07 Å². The topological polar surface area (TPSA) is 55.1 Å². The molecule has 0 bridgehead atoms. The molecule has 4 aromatic rings. The van der Waals surface area contributed by atoms with Crippen LogP contribution in [-0.2, 0) is 12.7 Å². The summed E-state index contributed by atoms with van der Waals surface area (Å²) in [5, 5.41) is 7.56. The first kappa shape index (κ1) is 17.0. The van der Waals surface area contributed by atoms with Crippen LogP contribution in [0.4, 0.5) is 19.0 Å². The Morgan fingerprint density at radius 3 is 2.59 bits per heavy atom. The molecule has 27 heavy (non-hydrogen) atoms. The van der Waals surface area contributed by atoms with E-state index in [0.717, 1.165) is 23.4 Å². The van der Waals surface area contributed by atoms with Gasteiger partial charge in [0.15, 0.2) is 5.65 Å². The fraction of sp³-hybridized carbons (Fsp3) is 0.105. The maximum Gasteiger partial charge on any atom is 0.416 e. The maximum atomic E-state index is 12.8. The van der Waals surface area contributed by atoms with Crippen molar-refractivity contribution in [1.29, 1.82) is 0 Å². The van der Waals surface area contributed by atoms with Crippen molar-refractivity contribution in [2.45, 2.75) is 12.7 Å². The van der Waals surface area contributed by atoms with Gasteiger partial charge in [-0.05, 0) is 42.0 Å². The number of aromatic nitrogens is 4. The van der Waals surface area contributed by atoms with Crippen molar-refractivity contribution >= 4 is 11.5 Å². The Balaban J connectivity index is 1.58. The van der Waals surface area contributed by atoms with Gasteiger partial charge >= 0.3 is 6.18 Å². The number of anilines is 1. The van der Waals surface area contributed by atoms with E-state index in [-0.39, 0.29) is 6.54 Å². The van der Waals surface area contributed by atoms with Crippen LogP contribution in [-0.4, -0.2) is 19.6 Å². The Kier molecular flexibility index (Phi) is 4.23. The molecule has 3 heterocycles. The molecule has 8 heteroatoms. The van der Waals surface area contributed by atoms with Crippen LogP contribution in [0.2, 0.25) is 0 Å². The molecule has 0 spiro atoms. The largest absolute Gasteiger partial charge is 0.416 e. The summed E-state index contributed by atoms with van der Waals surface area (Å²) < 4.78 is 40.2. The molecule has 0 aliphatic heterocycles. The van der Waals surface area contributed by atoms with E-state index in [0.29, 0.717) is 17.0 Å². The lowest BCUT2D eigenvalue weighted by Crippen LogP contribution is -2.08. The highest BCUT2D eigenvalue weighted by Gasteiger charge is 2.30. The molecule has 0 unspecified atom stereocenters. The second kappa shape index (κ2) is 6.71. The van der Waals surface area contributed by atoms with Gasteiger partial charge in [-0.25, -0.2) is 9.50 Å². The standard InChI is InChI=1S/C19H14F3N5/c20-19(21,22)15-3-1-2-13(10-15)11-24-17-4-5-18-25-12-16(27(18)26-17)14-6-8-23-9-7-14/h1-10,12H,11H2,(H,24,26). The Labute approximate surface area is 152 Å². The van der Waals surface area contributed by atoms with E-state index in [1.54, 1.807) is 41.3 Å². The van der Waals surface area contributed by atoms with Gasteiger partial charge in [0.1, 0.15) is 5.82 Å². The minimum atomic E-state index is -4.36. The van der Waals surface area contributed by atoms with Crippen LogP contribution in [0.25, 0.3) is 16.9 Å². The van der Waals surface area contributed by atoms with E-state index in [2.05, 4.69) is 20.4 Å². The molecular formula is C19H14F3N5. The zero-order valence-corrected chi connectivity index (χ0v) is 14.0. The molecule has 1 N–H and O–H groups in total. The highest BCUT2D eigenvalue weighted by molar-refractivity contribution is 5.63. The van der Waals surface area contributed by atoms with Crippen LogP contribution in [0.5, 0.6) is 0 Å². The highest BCUT2D eigenvalue weighted by Crippen LogP contribution is 2.29. The average molecular weight is 369 g/mol. The van der Waals surface area contributed by atoms with E-state index in [9.17, 15) is 13.2 Å². The molecule has 1 aromatic carbocycles. The van der Waals surface area contributed by atoms with Crippen LogP contribution in [0.15, 0.2) is 67.1 Å². The van der Waals surface area contributed by atoms with Crippen LogP contribution >= 0.6 is 0 Å². The number of pyridine rings is 1. The first-order chi connectivity index (χ1) is 13.0. The molecule has 0 amide bonds. The number of halogens is 3. The van der Waals surface area contributed by atoms with Crippen molar-refractivity contribution in [3.63, 3.8) is 0 Å². The molecule has 0 atom stereocenters. The summed E-state index contributed by atoms with van der Waals surface area (Å²) in [5.74, 6) is 0.535. The zero-order chi connectivity index (χ0) is 18.9. The lowest BCUT2D eigenvalue weighted by molar-refractivity contribution is -0.137. The van der Waals surface area contributed by atoms with Crippen LogP contribution in [0, 0.1) is 0 Å².